The highest BCUT2D eigenvalue weighted by atomic mass is 35.5. The third kappa shape index (κ3) is 2.68. The first-order valence-corrected chi connectivity index (χ1v) is 7.75. The minimum Gasteiger partial charge on any atom is -0.302 e. The summed E-state index contributed by atoms with van der Waals surface area (Å²) in [6.07, 6.45) is 1.46. The largest absolute Gasteiger partial charge is 0.302 e. The van der Waals surface area contributed by atoms with E-state index in [4.69, 9.17) is 11.6 Å². The van der Waals surface area contributed by atoms with Crippen LogP contribution in [-0.4, -0.2) is 18.3 Å². The molecule has 4 nitrogen and oxygen atoms in total. The van der Waals surface area contributed by atoms with E-state index in [1.165, 1.54) is 18.5 Å². The van der Waals surface area contributed by atoms with E-state index in [0.717, 1.165) is 0 Å². The van der Waals surface area contributed by atoms with Gasteiger partial charge in [0.05, 0.1) is 16.3 Å². The maximum absolute atomic E-state index is 13.1. The van der Waals surface area contributed by atoms with Gasteiger partial charge in [0.1, 0.15) is 12.1 Å². The Labute approximate surface area is 133 Å². The Bertz CT molecular complexity index is 849. The molecule has 3 aromatic rings. The molecule has 3 rings (SSSR count). The summed E-state index contributed by atoms with van der Waals surface area (Å²) in [6.45, 7) is 0. The lowest BCUT2D eigenvalue weighted by atomic mass is 10.1. The first-order valence-electron chi connectivity index (χ1n) is 6.27. The number of aromatic nitrogens is 2. The SMILES string of the molecule is O=S(O)c1ccccc1-n1cnc(Cl)c1-c1ccc(F)cc1. The third-order valence-electron chi connectivity index (χ3n) is 3.15. The monoisotopic (exact) mass is 336 g/mol. The van der Waals surface area contributed by atoms with Crippen molar-refractivity contribution in [2.24, 2.45) is 0 Å². The molecule has 7 heteroatoms. The normalized spacial score (nSPS) is 12.3. The van der Waals surface area contributed by atoms with Crippen LogP contribution in [0.2, 0.25) is 5.15 Å². The number of halogens is 2. The fourth-order valence-electron chi connectivity index (χ4n) is 2.18. The molecule has 0 radical (unpaired) electrons. The standard InChI is InChI=1S/C15H10ClFN2O2S/c16-15-14(10-5-7-11(17)8-6-10)19(9-18-15)12-3-1-2-4-13(12)22(20)21/h1-9H,(H,20,21). The van der Waals surface area contributed by atoms with Crippen molar-refractivity contribution in [2.75, 3.05) is 0 Å². The van der Waals surface area contributed by atoms with Crippen molar-refractivity contribution in [3.63, 3.8) is 0 Å². The molecule has 22 heavy (non-hydrogen) atoms. The van der Waals surface area contributed by atoms with Gasteiger partial charge in [-0.05, 0) is 36.4 Å². The number of imidazole rings is 1. The minimum absolute atomic E-state index is 0.227. The molecule has 0 aliphatic carbocycles. The molecule has 1 unspecified atom stereocenters. The number of nitrogens with zero attached hydrogens (tertiary/aromatic N) is 2. The first kappa shape index (κ1) is 14.9. The molecular formula is C15H10ClFN2O2S. The molecule has 0 fully saturated rings. The van der Waals surface area contributed by atoms with E-state index in [9.17, 15) is 13.2 Å². The zero-order chi connectivity index (χ0) is 15.7. The van der Waals surface area contributed by atoms with Gasteiger partial charge >= 0.3 is 0 Å². The van der Waals surface area contributed by atoms with Crippen molar-refractivity contribution >= 4 is 22.7 Å². The van der Waals surface area contributed by atoms with Crippen molar-refractivity contribution in [3.8, 4) is 16.9 Å². The third-order valence-corrected chi connectivity index (χ3v) is 4.15. The fraction of sp³-hybridized carbons (Fsp3) is 0. The van der Waals surface area contributed by atoms with E-state index in [0.29, 0.717) is 16.9 Å². The quantitative estimate of drug-likeness (QED) is 0.738. The highest BCUT2D eigenvalue weighted by Crippen LogP contribution is 2.31. The molecule has 2 aromatic carbocycles. The lowest BCUT2D eigenvalue weighted by molar-refractivity contribution is 0.564. The van der Waals surface area contributed by atoms with Gasteiger partial charge in [0, 0.05) is 5.56 Å². The molecule has 0 aliphatic heterocycles. The van der Waals surface area contributed by atoms with Crippen molar-refractivity contribution in [2.45, 2.75) is 4.90 Å². The van der Waals surface area contributed by atoms with Crippen LogP contribution < -0.4 is 0 Å². The van der Waals surface area contributed by atoms with E-state index < -0.39 is 11.1 Å². The summed E-state index contributed by atoms with van der Waals surface area (Å²) in [5.41, 5.74) is 1.67. The van der Waals surface area contributed by atoms with Crippen molar-refractivity contribution in [1.29, 1.82) is 0 Å². The van der Waals surface area contributed by atoms with Crippen molar-refractivity contribution in [1.82, 2.24) is 9.55 Å². The van der Waals surface area contributed by atoms with E-state index in [1.54, 1.807) is 41.0 Å². The molecule has 1 atom stereocenters. The summed E-state index contributed by atoms with van der Waals surface area (Å²) in [5.74, 6) is -0.359. The van der Waals surface area contributed by atoms with Gasteiger partial charge in [0.2, 0.25) is 0 Å². The number of para-hydroxylation sites is 1. The van der Waals surface area contributed by atoms with Gasteiger partial charge in [-0.2, -0.15) is 0 Å². The van der Waals surface area contributed by atoms with Crippen LogP contribution in [0.25, 0.3) is 16.9 Å². The second-order valence-corrected chi connectivity index (χ2v) is 5.77. The summed E-state index contributed by atoms with van der Waals surface area (Å²) in [6, 6.07) is 12.4. The van der Waals surface area contributed by atoms with E-state index in [1.807, 2.05) is 0 Å². The summed E-state index contributed by atoms with van der Waals surface area (Å²) < 4.78 is 35.6. The number of benzene rings is 2. The predicted octanol–water partition coefficient (Wildman–Crippen LogP) is 3.91. The van der Waals surface area contributed by atoms with Crippen LogP contribution in [0, 0.1) is 5.82 Å². The zero-order valence-electron chi connectivity index (χ0n) is 11.1. The van der Waals surface area contributed by atoms with Gasteiger partial charge in [-0.15, -0.1) is 0 Å². The average molecular weight is 337 g/mol. The molecule has 1 N–H and O–H groups in total. The van der Waals surface area contributed by atoms with Gasteiger partial charge < -0.3 is 4.55 Å². The molecule has 0 amide bonds. The highest BCUT2D eigenvalue weighted by Gasteiger charge is 2.17. The van der Waals surface area contributed by atoms with Crippen LogP contribution in [-0.2, 0) is 11.1 Å². The molecule has 0 saturated carbocycles. The Morgan fingerprint density at radius 3 is 2.50 bits per heavy atom. The summed E-state index contributed by atoms with van der Waals surface area (Å²) in [4.78, 5) is 4.28. The summed E-state index contributed by atoms with van der Waals surface area (Å²) >= 11 is 3.99. The summed E-state index contributed by atoms with van der Waals surface area (Å²) in [5, 5.41) is 0.227. The summed E-state index contributed by atoms with van der Waals surface area (Å²) in [7, 11) is 0. The lowest BCUT2D eigenvalue weighted by Crippen LogP contribution is -2.01. The minimum atomic E-state index is -2.15. The Kier molecular flexibility index (Phi) is 4.06. The van der Waals surface area contributed by atoms with Gasteiger partial charge in [-0.25, -0.2) is 13.6 Å². The number of hydrogen-bond donors (Lipinski definition) is 1. The molecule has 0 aliphatic rings. The molecule has 0 spiro atoms. The molecule has 112 valence electrons. The predicted molar refractivity (Wildman–Crippen MR) is 83.0 cm³/mol. The second kappa shape index (κ2) is 6.00. The maximum Gasteiger partial charge on any atom is 0.188 e. The van der Waals surface area contributed by atoms with Crippen LogP contribution in [0.1, 0.15) is 0 Å². The van der Waals surface area contributed by atoms with Gasteiger partial charge in [-0.1, -0.05) is 23.7 Å². The molecular weight excluding hydrogens is 327 g/mol. The van der Waals surface area contributed by atoms with Crippen LogP contribution >= 0.6 is 11.6 Å². The van der Waals surface area contributed by atoms with Crippen LogP contribution in [0.3, 0.4) is 0 Å². The fourth-order valence-corrected chi connectivity index (χ4v) is 2.96. The lowest BCUT2D eigenvalue weighted by Gasteiger charge is -2.11. The molecule has 0 saturated heterocycles. The van der Waals surface area contributed by atoms with Crippen molar-refractivity contribution < 1.29 is 13.2 Å². The van der Waals surface area contributed by atoms with Crippen LogP contribution in [0.15, 0.2) is 59.8 Å². The molecule has 1 heterocycles. The Balaban J connectivity index is 2.22. The van der Waals surface area contributed by atoms with Gasteiger partial charge in [-0.3, -0.25) is 4.57 Å². The second-order valence-electron chi connectivity index (χ2n) is 4.48. The smallest absolute Gasteiger partial charge is 0.188 e. The van der Waals surface area contributed by atoms with Crippen LogP contribution in [0.5, 0.6) is 0 Å². The number of rotatable bonds is 3. The van der Waals surface area contributed by atoms with E-state index in [-0.39, 0.29) is 15.9 Å². The van der Waals surface area contributed by atoms with Gasteiger partial charge in [0.15, 0.2) is 16.2 Å². The van der Waals surface area contributed by atoms with Crippen LogP contribution in [0.4, 0.5) is 4.39 Å². The number of hydrogen-bond acceptors (Lipinski definition) is 2. The molecule has 1 aromatic heterocycles. The first-order chi connectivity index (χ1) is 10.6. The Hall–Kier alpha value is -2.02. The Morgan fingerprint density at radius 1 is 1.14 bits per heavy atom. The van der Waals surface area contributed by atoms with Gasteiger partial charge in [0.25, 0.3) is 0 Å². The molecule has 0 bridgehead atoms. The van der Waals surface area contributed by atoms with Crippen molar-refractivity contribution in [3.05, 3.63) is 65.8 Å². The average Bonchev–Trinajstić information content (AvgIpc) is 2.90. The van der Waals surface area contributed by atoms with E-state index >= 15 is 0 Å². The topological polar surface area (TPSA) is 55.1 Å². The Morgan fingerprint density at radius 2 is 1.82 bits per heavy atom. The highest BCUT2D eigenvalue weighted by molar-refractivity contribution is 7.79. The zero-order valence-corrected chi connectivity index (χ0v) is 12.7. The van der Waals surface area contributed by atoms with E-state index in [2.05, 4.69) is 4.98 Å². The maximum atomic E-state index is 13.1.